The van der Waals surface area contributed by atoms with Crippen LogP contribution < -0.4 is 0 Å². The van der Waals surface area contributed by atoms with Gasteiger partial charge in [0.1, 0.15) is 5.60 Å². The topological polar surface area (TPSA) is 29.5 Å². The highest BCUT2D eigenvalue weighted by Gasteiger charge is 2.24. The zero-order valence-corrected chi connectivity index (χ0v) is 10.6. The highest BCUT2D eigenvalue weighted by Crippen LogP contribution is 2.12. The predicted octanol–water partition coefficient (Wildman–Crippen LogP) is 3.14. The van der Waals surface area contributed by atoms with E-state index in [2.05, 4.69) is 0 Å². The predicted molar refractivity (Wildman–Crippen MR) is 58.6 cm³/mol. The summed E-state index contributed by atoms with van der Waals surface area (Å²) in [5.41, 5.74) is -0.658. The number of ether oxygens (including phenoxy) is 1. The van der Waals surface area contributed by atoms with Crippen LogP contribution in [0.2, 0.25) is 0 Å². The van der Waals surface area contributed by atoms with E-state index in [1.165, 1.54) is 0 Å². The van der Waals surface area contributed by atoms with Gasteiger partial charge in [-0.15, -0.1) is 0 Å². The molecule has 3 nitrogen and oxygen atoms in total. The number of halogens is 2. The van der Waals surface area contributed by atoms with Crippen molar-refractivity contribution in [2.75, 3.05) is 13.1 Å². The second kappa shape index (κ2) is 6.01. The maximum atomic E-state index is 12.3. The molecular formula is C11H21F2NO2. The highest BCUT2D eigenvalue weighted by atomic mass is 19.3. The van der Waals surface area contributed by atoms with Gasteiger partial charge in [0.15, 0.2) is 0 Å². The Morgan fingerprint density at radius 1 is 1.25 bits per heavy atom. The van der Waals surface area contributed by atoms with E-state index in [1.54, 1.807) is 20.8 Å². The van der Waals surface area contributed by atoms with Gasteiger partial charge in [0.2, 0.25) is 0 Å². The molecule has 0 aliphatic heterocycles. The molecule has 0 saturated heterocycles. The molecule has 16 heavy (non-hydrogen) atoms. The Balaban J connectivity index is 4.44. The van der Waals surface area contributed by atoms with Crippen molar-refractivity contribution >= 4 is 6.09 Å². The molecule has 0 unspecified atom stereocenters. The molecule has 0 fully saturated rings. The van der Waals surface area contributed by atoms with E-state index in [0.29, 0.717) is 0 Å². The summed E-state index contributed by atoms with van der Waals surface area (Å²) in [6.07, 6.45) is -3.22. The number of carbonyl (C=O) groups is 1. The molecule has 1 amide bonds. The largest absolute Gasteiger partial charge is 0.444 e. The number of hydrogen-bond donors (Lipinski definition) is 0. The van der Waals surface area contributed by atoms with Gasteiger partial charge < -0.3 is 9.64 Å². The van der Waals surface area contributed by atoms with Gasteiger partial charge in [-0.2, -0.15) is 0 Å². The van der Waals surface area contributed by atoms with Crippen molar-refractivity contribution in [1.29, 1.82) is 0 Å². The van der Waals surface area contributed by atoms with E-state index >= 15 is 0 Å². The lowest BCUT2D eigenvalue weighted by molar-refractivity contribution is 0.00766. The van der Waals surface area contributed by atoms with Crippen LogP contribution in [0.25, 0.3) is 0 Å². The summed E-state index contributed by atoms with van der Waals surface area (Å²) in [4.78, 5) is 12.7. The monoisotopic (exact) mass is 237 g/mol. The molecule has 0 bridgehead atoms. The first kappa shape index (κ1) is 15.1. The fraction of sp³-hybridized carbons (Fsp3) is 0.909. The Hall–Kier alpha value is -0.870. The Bertz CT molecular complexity index is 215. The van der Waals surface area contributed by atoms with Crippen LogP contribution in [0.1, 0.15) is 34.6 Å². The van der Waals surface area contributed by atoms with Gasteiger partial charge >= 0.3 is 6.09 Å². The molecule has 0 aliphatic carbocycles. The maximum Gasteiger partial charge on any atom is 0.410 e. The number of alkyl halides is 2. The maximum absolute atomic E-state index is 12.3. The van der Waals surface area contributed by atoms with Crippen molar-refractivity contribution < 1.29 is 18.3 Å². The lowest BCUT2D eigenvalue weighted by Gasteiger charge is -2.28. The Labute approximate surface area is 95.8 Å². The molecule has 0 radical (unpaired) electrons. The van der Waals surface area contributed by atoms with Crippen LogP contribution in [-0.4, -0.2) is 36.1 Å². The van der Waals surface area contributed by atoms with Gasteiger partial charge in [-0.3, -0.25) is 0 Å². The Kier molecular flexibility index (Phi) is 5.68. The van der Waals surface area contributed by atoms with Crippen LogP contribution in [0.5, 0.6) is 0 Å². The summed E-state index contributed by atoms with van der Waals surface area (Å²) in [6.45, 7) is 8.56. The third-order valence-corrected chi connectivity index (χ3v) is 1.60. The van der Waals surface area contributed by atoms with Crippen LogP contribution in [0.3, 0.4) is 0 Å². The molecule has 5 heteroatoms. The minimum atomic E-state index is -2.54. The van der Waals surface area contributed by atoms with Crippen molar-refractivity contribution in [3.8, 4) is 0 Å². The lowest BCUT2D eigenvalue weighted by Crippen LogP contribution is -2.41. The second-order valence-electron chi connectivity index (χ2n) is 5.17. The first-order valence-electron chi connectivity index (χ1n) is 5.38. The van der Waals surface area contributed by atoms with Crippen molar-refractivity contribution in [3.63, 3.8) is 0 Å². The van der Waals surface area contributed by atoms with Gasteiger partial charge in [-0.05, 0) is 26.7 Å². The average molecular weight is 237 g/mol. The normalized spacial score (nSPS) is 12.1. The van der Waals surface area contributed by atoms with Crippen LogP contribution in [0.15, 0.2) is 0 Å². The summed E-state index contributed by atoms with van der Waals surface area (Å²) in [6, 6.07) is 0. The van der Waals surface area contributed by atoms with Gasteiger partial charge in [0, 0.05) is 6.54 Å². The van der Waals surface area contributed by atoms with Crippen molar-refractivity contribution in [2.45, 2.75) is 46.6 Å². The molecule has 0 aliphatic rings. The Morgan fingerprint density at radius 2 is 1.75 bits per heavy atom. The average Bonchev–Trinajstić information content (AvgIpc) is 1.97. The fourth-order valence-electron chi connectivity index (χ4n) is 1.16. The van der Waals surface area contributed by atoms with E-state index in [4.69, 9.17) is 4.74 Å². The second-order valence-corrected chi connectivity index (χ2v) is 5.17. The molecule has 96 valence electrons. The zero-order chi connectivity index (χ0) is 12.9. The third-order valence-electron chi connectivity index (χ3n) is 1.60. The van der Waals surface area contributed by atoms with E-state index < -0.39 is 24.7 Å². The minimum absolute atomic E-state index is 0.131. The van der Waals surface area contributed by atoms with Gasteiger partial charge in [-0.1, -0.05) is 13.8 Å². The molecule has 0 aromatic heterocycles. The molecule has 0 aromatic rings. The van der Waals surface area contributed by atoms with Crippen LogP contribution >= 0.6 is 0 Å². The summed E-state index contributed by atoms with van der Waals surface area (Å²) in [5, 5.41) is 0. The molecule has 0 N–H and O–H groups in total. The summed E-state index contributed by atoms with van der Waals surface area (Å²) >= 11 is 0. The fourth-order valence-corrected chi connectivity index (χ4v) is 1.16. The smallest absolute Gasteiger partial charge is 0.410 e. The van der Waals surface area contributed by atoms with Crippen molar-refractivity contribution in [3.05, 3.63) is 0 Å². The van der Waals surface area contributed by atoms with Crippen molar-refractivity contribution in [2.24, 2.45) is 5.92 Å². The van der Waals surface area contributed by atoms with Crippen LogP contribution in [0, 0.1) is 5.92 Å². The van der Waals surface area contributed by atoms with E-state index in [0.717, 1.165) is 4.90 Å². The highest BCUT2D eigenvalue weighted by molar-refractivity contribution is 5.68. The zero-order valence-electron chi connectivity index (χ0n) is 10.6. The lowest BCUT2D eigenvalue weighted by atomic mass is 10.2. The number of nitrogens with zero attached hydrogens (tertiary/aromatic N) is 1. The molecule has 0 rings (SSSR count). The number of amides is 1. The number of rotatable bonds is 4. The van der Waals surface area contributed by atoms with E-state index in [-0.39, 0.29) is 12.5 Å². The first-order valence-corrected chi connectivity index (χ1v) is 5.38. The van der Waals surface area contributed by atoms with Crippen LogP contribution in [0.4, 0.5) is 13.6 Å². The summed E-state index contributed by atoms with van der Waals surface area (Å²) < 4.78 is 29.6. The quantitative estimate of drug-likeness (QED) is 0.751. The molecule has 0 atom stereocenters. The minimum Gasteiger partial charge on any atom is -0.444 e. The Morgan fingerprint density at radius 3 is 2.06 bits per heavy atom. The summed E-state index contributed by atoms with van der Waals surface area (Å²) in [5.74, 6) is 0.131. The van der Waals surface area contributed by atoms with Gasteiger partial charge in [0.25, 0.3) is 6.43 Å². The SMILES string of the molecule is CC(C)CN(CC(F)F)C(=O)OC(C)(C)C. The molecular weight excluding hydrogens is 216 g/mol. The number of hydrogen-bond acceptors (Lipinski definition) is 2. The standard InChI is InChI=1S/C11H21F2NO2/c1-8(2)6-14(7-9(12)13)10(15)16-11(3,4)5/h8-9H,6-7H2,1-5H3. The first-order chi connectivity index (χ1) is 7.11. The summed E-state index contributed by atoms with van der Waals surface area (Å²) in [7, 11) is 0. The van der Waals surface area contributed by atoms with Gasteiger partial charge in [0.05, 0.1) is 6.54 Å². The molecule has 0 heterocycles. The molecule has 0 saturated carbocycles. The molecule has 0 spiro atoms. The van der Waals surface area contributed by atoms with Gasteiger partial charge in [-0.25, -0.2) is 13.6 Å². The van der Waals surface area contributed by atoms with E-state index in [9.17, 15) is 13.6 Å². The molecule has 0 aromatic carbocycles. The number of carbonyl (C=O) groups excluding carboxylic acids is 1. The van der Waals surface area contributed by atoms with Crippen LogP contribution in [-0.2, 0) is 4.74 Å². The van der Waals surface area contributed by atoms with E-state index in [1.807, 2.05) is 13.8 Å². The third kappa shape index (κ3) is 7.43. The van der Waals surface area contributed by atoms with Crippen molar-refractivity contribution in [1.82, 2.24) is 4.90 Å².